The maximum Gasteiger partial charge on any atom is 0.167 e. The smallest absolute Gasteiger partial charge is 0.167 e. The van der Waals surface area contributed by atoms with E-state index in [1.54, 1.807) is 6.07 Å². The highest BCUT2D eigenvalue weighted by Crippen LogP contribution is 2.34. The lowest BCUT2D eigenvalue weighted by atomic mass is 10.1. The molecule has 1 nitrogen and oxygen atoms in total. The van der Waals surface area contributed by atoms with Crippen LogP contribution in [0.15, 0.2) is 30.3 Å². The Hall–Kier alpha value is -1.26. The number of rotatable bonds is 4. The summed E-state index contributed by atoms with van der Waals surface area (Å²) in [5.74, 6) is -1.58. The Labute approximate surface area is 109 Å². The van der Waals surface area contributed by atoms with Crippen molar-refractivity contribution in [1.82, 2.24) is 5.32 Å². The maximum absolute atomic E-state index is 13.7. The molecule has 1 aromatic heterocycles. The summed E-state index contributed by atoms with van der Waals surface area (Å²) >= 11 is 1.50. The Morgan fingerprint density at radius 3 is 2.67 bits per heavy atom. The molecule has 0 spiro atoms. The zero-order valence-corrected chi connectivity index (χ0v) is 11.2. The fourth-order valence-electron chi connectivity index (χ4n) is 1.93. The molecule has 96 valence electrons. The van der Waals surface area contributed by atoms with Crippen LogP contribution in [0.25, 0.3) is 10.4 Å². The van der Waals surface area contributed by atoms with Gasteiger partial charge < -0.3 is 5.32 Å². The summed E-state index contributed by atoms with van der Waals surface area (Å²) in [6, 6.07) is 8.35. The highest BCUT2D eigenvalue weighted by Gasteiger charge is 2.14. The molecule has 1 atom stereocenters. The first-order valence-electron chi connectivity index (χ1n) is 5.88. The van der Waals surface area contributed by atoms with Crippen molar-refractivity contribution in [2.75, 3.05) is 7.05 Å². The predicted molar refractivity (Wildman–Crippen MR) is 71.8 cm³/mol. The van der Waals surface area contributed by atoms with E-state index in [1.807, 2.05) is 19.2 Å². The van der Waals surface area contributed by atoms with Crippen LogP contribution in [0.4, 0.5) is 8.78 Å². The number of benzene rings is 1. The molecular formula is C14H15F2NS. The second-order valence-corrected chi connectivity index (χ2v) is 5.17. The molecule has 0 radical (unpaired) electrons. The van der Waals surface area contributed by atoms with E-state index in [2.05, 4.69) is 12.2 Å². The van der Waals surface area contributed by atoms with Gasteiger partial charge in [0.15, 0.2) is 11.6 Å². The van der Waals surface area contributed by atoms with Crippen molar-refractivity contribution >= 4 is 11.3 Å². The molecule has 0 aliphatic heterocycles. The molecule has 2 aromatic rings. The van der Waals surface area contributed by atoms with E-state index >= 15 is 0 Å². The standard InChI is InChI=1S/C14H15F2NS/c1-3-11(17-2)13-8-7-12(18-13)9-5-4-6-10(15)14(9)16/h4-8,11,17H,3H2,1-2H3. The van der Waals surface area contributed by atoms with Crippen molar-refractivity contribution in [2.24, 2.45) is 0 Å². The Kier molecular flexibility index (Phi) is 4.09. The van der Waals surface area contributed by atoms with Crippen molar-refractivity contribution in [1.29, 1.82) is 0 Å². The largest absolute Gasteiger partial charge is 0.312 e. The van der Waals surface area contributed by atoms with Crippen molar-refractivity contribution in [2.45, 2.75) is 19.4 Å². The second-order valence-electron chi connectivity index (χ2n) is 4.05. The molecule has 0 saturated carbocycles. The first-order chi connectivity index (χ1) is 8.67. The lowest BCUT2D eigenvalue weighted by Crippen LogP contribution is -2.13. The van der Waals surface area contributed by atoms with Crippen molar-refractivity contribution in [3.05, 3.63) is 46.8 Å². The lowest BCUT2D eigenvalue weighted by Gasteiger charge is -2.10. The van der Waals surface area contributed by atoms with Crippen molar-refractivity contribution in [3.8, 4) is 10.4 Å². The van der Waals surface area contributed by atoms with Crippen LogP contribution in [-0.4, -0.2) is 7.05 Å². The van der Waals surface area contributed by atoms with Crippen LogP contribution in [0.5, 0.6) is 0 Å². The fourth-order valence-corrected chi connectivity index (χ4v) is 3.15. The zero-order chi connectivity index (χ0) is 13.1. The first-order valence-corrected chi connectivity index (χ1v) is 6.70. The van der Waals surface area contributed by atoms with E-state index in [9.17, 15) is 8.78 Å². The Bertz CT molecular complexity index is 532. The van der Waals surface area contributed by atoms with Gasteiger partial charge in [-0.1, -0.05) is 19.1 Å². The Balaban J connectivity index is 2.38. The minimum Gasteiger partial charge on any atom is -0.312 e. The average molecular weight is 267 g/mol. The third kappa shape index (κ3) is 2.44. The molecule has 0 aliphatic carbocycles. The minimum atomic E-state index is -0.803. The summed E-state index contributed by atoms with van der Waals surface area (Å²) in [4.78, 5) is 1.90. The summed E-state index contributed by atoms with van der Waals surface area (Å²) in [7, 11) is 1.90. The molecule has 0 amide bonds. The molecule has 0 fully saturated rings. The van der Waals surface area contributed by atoms with Gasteiger partial charge in [-0.25, -0.2) is 8.78 Å². The van der Waals surface area contributed by atoms with Gasteiger partial charge in [0.2, 0.25) is 0 Å². The number of thiophene rings is 1. The number of hydrogen-bond donors (Lipinski definition) is 1. The van der Waals surface area contributed by atoms with Gasteiger partial charge in [0.1, 0.15) is 0 Å². The van der Waals surface area contributed by atoms with Crippen LogP contribution in [0.3, 0.4) is 0 Å². The minimum absolute atomic E-state index is 0.264. The van der Waals surface area contributed by atoms with Gasteiger partial charge in [-0.05, 0) is 31.7 Å². The molecule has 1 heterocycles. The molecule has 1 aromatic carbocycles. The summed E-state index contributed by atoms with van der Waals surface area (Å²) in [5.41, 5.74) is 0.331. The Morgan fingerprint density at radius 1 is 1.22 bits per heavy atom. The van der Waals surface area contributed by atoms with Crippen LogP contribution in [-0.2, 0) is 0 Å². The third-order valence-corrected chi connectivity index (χ3v) is 4.18. The summed E-state index contributed by atoms with van der Waals surface area (Å²) < 4.78 is 26.9. The van der Waals surface area contributed by atoms with Gasteiger partial charge in [-0.15, -0.1) is 11.3 Å². The quantitative estimate of drug-likeness (QED) is 0.867. The van der Waals surface area contributed by atoms with E-state index in [0.717, 1.165) is 22.2 Å². The highest BCUT2D eigenvalue weighted by molar-refractivity contribution is 7.15. The van der Waals surface area contributed by atoms with Gasteiger partial charge in [0, 0.05) is 21.4 Å². The summed E-state index contributed by atoms with van der Waals surface area (Å²) in [5, 5.41) is 3.20. The van der Waals surface area contributed by atoms with Crippen LogP contribution < -0.4 is 5.32 Å². The van der Waals surface area contributed by atoms with Crippen molar-refractivity contribution < 1.29 is 8.78 Å². The molecule has 1 N–H and O–H groups in total. The van der Waals surface area contributed by atoms with Gasteiger partial charge in [0.25, 0.3) is 0 Å². The third-order valence-electron chi connectivity index (χ3n) is 2.94. The molecule has 18 heavy (non-hydrogen) atoms. The number of hydrogen-bond acceptors (Lipinski definition) is 2. The second kappa shape index (κ2) is 5.59. The molecule has 0 bridgehead atoms. The fraction of sp³-hybridized carbons (Fsp3) is 0.286. The number of nitrogens with one attached hydrogen (secondary N) is 1. The summed E-state index contributed by atoms with van der Waals surface area (Å²) in [6.45, 7) is 2.09. The van der Waals surface area contributed by atoms with E-state index in [-0.39, 0.29) is 6.04 Å². The van der Waals surface area contributed by atoms with Crippen LogP contribution in [0, 0.1) is 11.6 Å². The number of halogens is 2. The molecular weight excluding hydrogens is 252 g/mol. The van der Waals surface area contributed by atoms with Crippen LogP contribution in [0.1, 0.15) is 24.3 Å². The van der Waals surface area contributed by atoms with E-state index in [0.29, 0.717) is 5.56 Å². The van der Waals surface area contributed by atoms with Gasteiger partial charge in [-0.3, -0.25) is 0 Å². The topological polar surface area (TPSA) is 12.0 Å². The van der Waals surface area contributed by atoms with Gasteiger partial charge in [0.05, 0.1) is 0 Å². The van der Waals surface area contributed by atoms with E-state index in [1.165, 1.54) is 17.4 Å². The predicted octanol–water partition coefficient (Wildman–Crippen LogP) is 4.36. The molecule has 0 saturated heterocycles. The molecule has 2 rings (SSSR count). The SMILES string of the molecule is CCC(NC)c1ccc(-c2cccc(F)c2F)s1. The van der Waals surface area contributed by atoms with Gasteiger partial charge in [-0.2, -0.15) is 0 Å². The normalized spacial score (nSPS) is 12.7. The van der Waals surface area contributed by atoms with Crippen LogP contribution >= 0.6 is 11.3 Å². The maximum atomic E-state index is 13.7. The highest BCUT2D eigenvalue weighted by atomic mass is 32.1. The molecule has 4 heteroatoms. The van der Waals surface area contributed by atoms with Crippen LogP contribution in [0.2, 0.25) is 0 Å². The van der Waals surface area contributed by atoms with E-state index in [4.69, 9.17) is 0 Å². The Morgan fingerprint density at radius 2 is 2.00 bits per heavy atom. The van der Waals surface area contributed by atoms with E-state index < -0.39 is 11.6 Å². The van der Waals surface area contributed by atoms with Gasteiger partial charge >= 0.3 is 0 Å². The molecule has 0 aliphatic rings. The first kappa shape index (κ1) is 13.2. The zero-order valence-electron chi connectivity index (χ0n) is 10.3. The average Bonchev–Trinajstić information content (AvgIpc) is 2.84. The van der Waals surface area contributed by atoms with Crippen molar-refractivity contribution in [3.63, 3.8) is 0 Å². The molecule has 1 unspecified atom stereocenters. The monoisotopic (exact) mass is 267 g/mol. The summed E-state index contributed by atoms with van der Waals surface area (Å²) in [6.07, 6.45) is 0.960. The lowest BCUT2D eigenvalue weighted by molar-refractivity contribution is 0.511.